The number of carbonyl (C=O) groups is 1. The molecular weight excluding hydrogens is 362 g/mol. The lowest BCUT2D eigenvalue weighted by Gasteiger charge is -2.09. The van der Waals surface area contributed by atoms with Crippen LogP contribution >= 0.6 is 11.8 Å². The van der Waals surface area contributed by atoms with Crippen molar-refractivity contribution in [2.45, 2.75) is 18.3 Å². The van der Waals surface area contributed by atoms with Gasteiger partial charge in [0.1, 0.15) is 17.9 Å². The number of nitrogens with zero attached hydrogens (tertiary/aromatic N) is 2. The maximum absolute atomic E-state index is 12.4. The molecule has 4 rings (SSSR count). The zero-order valence-corrected chi connectivity index (χ0v) is 15.2. The van der Waals surface area contributed by atoms with Crippen LogP contribution in [-0.2, 0) is 13.2 Å². The number of thioether (sulfide) groups is 1. The predicted octanol–water partition coefficient (Wildman–Crippen LogP) is 3.18. The van der Waals surface area contributed by atoms with E-state index in [1.165, 1.54) is 18.0 Å². The van der Waals surface area contributed by atoms with Crippen molar-refractivity contribution in [2.75, 3.05) is 11.1 Å². The van der Waals surface area contributed by atoms with Gasteiger partial charge in [-0.15, -0.1) is 0 Å². The van der Waals surface area contributed by atoms with Crippen LogP contribution in [0.4, 0.5) is 5.69 Å². The predicted molar refractivity (Wildman–Crippen MR) is 104 cm³/mol. The molecule has 2 aromatic carbocycles. The molecule has 0 fully saturated rings. The Morgan fingerprint density at radius 3 is 2.70 bits per heavy atom. The van der Waals surface area contributed by atoms with E-state index in [0.29, 0.717) is 29.7 Å². The van der Waals surface area contributed by atoms with Gasteiger partial charge in [-0.1, -0.05) is 42.1 Å². The molecule has 0 unspecified atom stereocenters. The second kappa shape index (κ2) is 7.67. The van der Waals surface area contributed by atoms with Crippen molar-refractivity contribution < 1.29 is 9.53 Å². The van der Waals surface area contributed by atoms with Crippen molar-refractivity contribution in [3.8, 4) is 5.75 Å². The van der Waals surface area contributed by atoms with Crippen LogP contribution in [-0.4, -0.2) is 21.2 Å². The lowest BCUT2D eigenvalue weighted by atomic mass is 10.2. The van der Waals surface area contributed by atoms with E-state index in [4.69, 9.17) is 4.74 Å². The summed E-state index contributed by atoms with van der Waals surface area (Å²) in [5.41, 5.74) is 1.42. The monoisotopic (exact) mass is 379 g/mol. The number of nitrogens with one attached hydrogen (secondary N) is 1. The molecule has 1 amide bonds. The fourth-order valence-corrected chi connectivity index (χ4v) is 3.66. The van der Waals surface area contributed by atoms with E-state index in [0.717, 1.165) is 11.3 Å². The first-order valence-corrected chi connectivity index (χ1v) is 9.50. The van der Waals surface area contributed by atoms with E-state index >= 15 is 0 Å². The molecule has 0 saturated heterocycles. The maximum atomic E-state index is 12.4. The lowest BCUT2D eigenvalue weighted by molar-refractivity contribution is 0.102. The summed E-state index contributed by atoms with van der Waals surface area (Å²) in [4.78, 5) is 29.0. The first-order chi connectivity index (χ1) is 13.2. The topological polar surface area (TPSA) is 73.2 Å². The van der Waals surface area contributed by atoms with Gasteiger partial charge in [-0.25, -0.2) is 4.98 Å². The number of rotatable bonds is 5. The highest BCUT2D eigenvalue weighted by Gasteiger charge is 2.20. The molecule has 1 aliphatic rings. The number of aromatic nitrogens is 2. The van der Waals surface area contributed by atoms with Crippen LogP contribution in [0, 0.1) is 0 Å². The van der Waals surface area contributed by atoms with Gasteiger partial charge in [-0.2, -0.15) is 0 Å². The Labute approximate surface area is 160 Å². The Morgan fingerprint density at radius 2 is 1.93 bits per heavy atom. The Kier molecular flexibility index (Phi) is 4.93. The number of fused-ring (bicyclic) bond motifs is 1. The number of hydrogen-bond donors (Lipinski definition) is 1. The second-order valence-electron chi connectivity index (χ2n) is 6.01. The first-order valence-electron chi connectivity index (χ1n) is 8.51. The molecule has 1 aromatic heterocycles. The third-order valence-corrected chi connectivity index (χ3v) is 5.13. The standard InChI is InChI=1S/C20H17N3O3S/c24-18(17-12-21-20-23(19(17)25)10-11-27-20)22-15-6-8-16(9-7-15)26-13-14-4-2-1-3-5-14/h1-9,12H,10-11,13H2,(H,22,24). The normalized spacial score (nSPS) is 12.4. The van der Waals surface area contributed by atoms with Crippen LogP contribution in [0.3, 0.4) is 0 Å². The van der Waals surface area contributed by atoms with Gasteiger partial charge in [0.25, 0.3) is 11.5 Å². The quantitative estimate of drug-likeness (QED) is 0.690. The average Bonchev–Trinajstić information content (AvgIpc) is 3.18. The minimum atomic E-state index is -0.461. The van der Waals surface area contributed by atoms with Gasteiger partial charge in [0.05, 0.1) is 0 Å². The number of benzene rings is 2. The van der Waals surface area contributed by atoms with Gasteiger partial charge in [0, 0.05) is 24.2 Å². The van der Waals surface area contributed by atoms with E-state index in [2.05, 4.69) is 10.3 Å². The number of carbonyl (C=O) groups excluding carboxylic acids is 1. The second-order valence-corrected chi connectivity index (χ2v) is 7.07. The van der Waals surface area contributed by atoms with E-state index in [9.17, 15) is 9.59 Å². The van der Waals surface area contributed by atoms with Crippen LogP contribution in [0.25, 0.3) is 0 Å². The fraction of sp³-hybridized carbons (Fsp3) is 0.150. The van der Waals surface area contributed by atoms with E-state index in [1.54, 1.807) is 28.8 Å². The highest BCUT2D eigenvalue weighted by molar-refractivity contribution is 7.99. The smallest absolute Gasteiger partial charge is 0.267 e. The molecule has 0 atom stereocenters. The molecule has 27 heavy (non-hydrogen) atoms. The average molecular weight is 379 g/mol. The molecule has 0 aliphatic carbocycles. The van der Waals surface area contributed by atoms with E-state index < -0.39 is 5.91 Å². The zero-order chi connectivity index (χ0) is 18.6. The number of ether oxygens (including phenoxy) is 1. The maximum Gasteiger partial charge on any atom is 0.267 e. The lowest BCUT2D eigenvalue weighted by Crippen LogP contribution is -2.29. The van der Waals surface area contributed by atoms with E-state index in [1.807, 2.05) is 30.3 Å². The number of hydrogen-bond acceptors (Lipinski definition) is 5. The minimum absolute atomic E-state index is 0.0469. The highest BCUT2D eigenvalue weighted by atomic mass is 32.2. The Bertz CT molecular complexity index is 1020. The van der Waals surface area contributed by atoms with Gasteiger partial charge >= 0.3 is 0 Å². The molecule has 0 bridgehead atoms. The molecule has 0 radical (unpaired) electrons. The summed E-state index contributed by atoms with van der Waals surface area (Å²) in [5.74, 6) is 1.04. The van der Waals surface area contributed by atoms with Crippen LogP contribution < -0.4 is 15.6 Å². The molecule has 1 aliphatic heterocycles. The van der Waals surface area contributed by atoms with Crippen LogP contribution in [0.5, 0.6) is 5.75 Å². The summed E-state index contributed by atoms with van der Waals surface area (Å²) in [6.07, 6.45) is 1.35. The summed E-state index contributed by atoms with van der Waals surface area (Å²) in [6, 6.07) is 16.9. The third kappa shape index (κ3) is 3.88. The zero-order valence-electron chi connectivity index (χ0n) is 14.4. The summed E-state index contributed by atoms with van der Waals surface area (Å²) in [7, 11) is 0. The number of amides is 1. The molecule has 0 spiro atoms. The van der Waals surface area contributed by atoms with Crippen LogP contribution in [0.1, 0.15) is 15.9 Å². The van der Waals surface area contributed by atoms with E-state index in [-0.39, 0.29) is 11.1 Å². The molecule has 7 heteroatoms. The van der Waals surface area contributed by atoms with Gasteiger partial charge in [-0.3, -0.25) is 14.2 Å². The first kappa shape index (κ1) is 17.4. The third-order valence-electron chi connectivity index (χ3n) is 4.16. The summed E-state index contributed by atoms with van der Waals surface area (Å²) in [6.45, 7) is 1.06. The molecule has 2 heterocycles. The van der Waals surface area contributed by atoms with Crippen molar-refractivity contribution in [2.24, 2.45) is 0 Å². The van der Waals surface area contributed by atoms with Gasteiger partial charge < -0.3 is 10.1 Å². The Balaban J connectivity index is 1.41. The summed E-state index contributed by atoms with van der Waals surface area (Å²) >= 11 is 1.52. The van der Waals surface area contributed by atoms with Gasteiger partial charge in [-0.05, 0) is 29.8 Å². The summed E-state index contributed by atoms with van der Waals surface area (Å²) < 4.78 is 7.27. The largest absolute Gasteiger partial charge is 0.489 e. The van der Waals surface area contributed by atoms with Crippen molar-refractivity contribution >= 4 is 23.4 Å². The highest BCUT2D eigenvalue weighted by Crippen LogP contribution is 2.21. The molecule has 0 saturated carbocycles. The van der Waals surface area contributed by atoms with Crippen molar-refractivity contribution in [1.82, 2.24) is 9.55 Å². The molecular formula is C20H17N3O3S. The van der Waals surface area contributed by atoms with Crippen molar-refractivity contribution in [3.05, 3.63) is 82.3 Å². The minimum Gasteiger partial charge on any atom is -0.489 e. The summed E-state index contributed by atoms with van der Waals surface area (Å²) in [5, 5.41) is 3.40. The van der Waals surface area contributed by atoms with Crippen LogP contribution in [0.15, 0.2) is 70.7 Å². The van der Waals surface area contributed by atoms with Crippen LogP contribution in [0.2, 0.25) is 0 Å². The fourth-order valence-electron chi connectivity index (χ4n) is 2.75. The SMILES string of the molecule is O=C(Nc1ccc(OCc2ccccc2)cc1)c1cnc2n(c1=O)CCS2. The molecule has 136 valence electrons. The Hall–Kier alpha value is -3.06. The van der Waals surface area contributed by atoms with Crippen molar-refractivity contribution in [1.29, 1.82) is 0 Å². The molecule has 6 nitrogen and oxygen atoms in total. The van der Waals surface area contributed by atoms with Gasteiger partial charge in [0.15, 0.2) is 5.16 Å². The number of anilines is 1. The molecule has 3 aromatic rings. The molecule has 1 N–H and O–H groups in total. The van der Waals surface area contributed by atoms with Crippen molar-refractivity contribution in [3.63, 3.8) is 0 Å². The Morgan fingerprint density at radius 1 is 1.15 bits per heavy atom. The van der Waals surface area contributed by atoms with Gasteiger partial charge in [0.2, 0.25) is 0 Å².